The van der Waals surface area contributed by atoms with E-state index in [0.29, 0.717) is 18.8 Å². The van der Waals surface area contributed by atoms with Crippen molar-refractivity contribution in [3.63, 3.8) is 0 Å². The number of aryl methyl sites for hydroxylation is 1. The maximum Gasteiger partial charge on any atom is 1.00 e. The standard InChI is InChI=1S/C28H26N4O.C14H31N.C13H16N2O2.CH3.K/c1-20(33)21-4-6-22(7-5-21)23-11-15-32(16-12-23)14-2-3-25-18-29-13-10-27(25)24-8-9-28-26(17-24)19-30-31-28;1-5-9-14(10-6-2)13-15(11-7-3)12-8-4;1-9-2-4-10(5-3-9)15-12-7-6-11(16)8-14-13(12)17;;/h3-10,13,17,19,23H,11-12,14-16H2,1H3,(H,30,31);14H,5-13H2,1-4H3;2-5,12,15H,6-8H2,1H3,(H,14,17);1H3;/q-2;;;-1;+1. The largest absolute Gasteiger partial charge is 1.00 e. The van der Waals surface area contributed by atoms with Crippen LogP contribution in [0.3, 0.4) is 0 Å². The molecule has 0 bridgehead atoms. The summed E-state index contributed by atoms with van der Waals surface area (Å²) >= 11 is 0. The van der Waals surface area contributed by atoms with Gasteiger partial charge in [0.1, 0.15) is 6.04 Å². The van der Waals surface area contributed by atoms with E-state index in [2.05, 4.69) is 99.8 Å². The maximum atomic E-state index is 11.7. The zero-order valence-electron chi connectivity index (χ0n) is 41.9. The topological polar surface area (TPSA) is 123 Å². The van der Waals surface area contributed by atoms with Crippen molar-refractivity contribution in [1.29, 1.82) is 0 Å². The van der Waals surface area contributed by atoms with Gasteiger partial charge in [-0.3, -0.25) is 25.0 Å². The molecule has 3 N–H and O–H groups in total. The summed E-state index contributed by atoms with van der Waals surface area (Å²) in [6, 6.07) is 24.0. The molecule has 7 rings (SSSR count). The molecule has 1 amide bonds. The van der Waals surface area contributed by atoms with Crippen LogP contribution in [0.1, 0.15) is 132 Å². The fraction of sp³-hybridized carbons (Fsp3) is 0.464. The second-order valence-corrected chi connectivity index (χ2v) is 17.7. The van der Waals surface area contributed by atoms with Gasteiger partial charge in [-0.25, -0.2) is 0 Å². The summed E-state index contributed by atoms with van der Waals surface area (Å²) in [5.74, 6) is 1.61. The van der Waals surface area contributed by atoms with E-state index in [0.717, 1.165) is 77.2 Å². The number of hydrogen-bond acceptors (Lipinski definition) is 8. The van der Waals surface area contributed by atoms with E-state index < -0.39 is 0 Å². The molecule has 2 saturated heterocycles. The predicted octanol–water partition coefficient (Wildman–Crippen LogP) is 8.36. The van der Waals surface area contributed by atoms with Crippen LogP contribution in [0, 0.1) is 32.5 Å². The van der Waals surface area contributed by atoms with Crippen LogP contribution in [0.4, 0.5) is 5.69 Å². The normalized spacial score (nSPS) is 15.4. The van der Waals surface area contributed by atoms with Crippen molar-refractivity contribution in [3.05, 3.63) is 127 Å². The first kappa shape index (κ1) is 57.5. The summed E-state index contributed by atoms with van der Waals surface area (Å²) in [6.45, 7) is 19.8. The molecule has 4 heterocycles. The number of nitrogens with zero attached hydrogens (tertiary/aromatic N) is 4. The fourth-order valence-corrected chi connectivity index (χ4v) is 8.79. The Labute approximate surface area is 445 Å². The molecule has 1 atom stereocenters. The molecule has 10 nitrogen and oxygen atoms in total. The Balaban J connectivity index is 0.000000296. The molecule has 2 aliphatic rings. The van der Waals surface area contributed by atoms with Gasteiger partial charge in [-0.1, -0.05) is 113 Å². The number of carbonyl (C=O) groups excluding carboxylic acids is 3. The average molecular weight is 934 g/mol. The number of hydrogen-bond donors (Lipinski definition) is 3. The summed E-state index contributed by atoms with van der Waals surface area (Å²) in [5, 5.41) is 14.0. The Hall–Kier alpha value is -3.81. The van der Waals surface area contributed by atoms with Crippen LogP contribution in [0.5, 0.6) is 0 Å². The summed E-state index contributed by atoms with van der Waals surface area (Å²) in [5.41, 5.74) is 8.39. The van der Waals surface area contributed by atoms with Crippen molar-refractivity contribution in [2.24, 2.45) is 5.92 Å². The quantitative estimate of drug-likeness (QED) is 0.0456. The smallest absolute Gasteiger partial charge is 0.380 e. The minimum absolute atomic E-state index is 0. The van der Waals surface area contributed by atoms with Gasteiger partial charge in [-0.05, 0) is 121 Å². The molecule has 67 heavy (non-hydrogen) atoms. The number of H-pyrrole nitrogens is 1. The minimum atomic E-state index is -0.316. The Morgan fingerprint density at radius 2 is 1.61 bits per heavy atom. The maximum absolute atomic E-state index is 11.7. The van der Waals surface area contributed by atoms with E-state index in [1.165, 1.54) is 69.3 Å². The molecule has 0 saturated carbocycles. The summed E-state index contributed by atoms with van der Waals surface area (Å²) in [4.78, 5) is 43.7. The Kier molecular flexibility index (Phi) is 26.9. The van der Waals surface area contributed by atoms with Crippen LogP contribution in [0.15, 0.2) is 85.2 Å². The van der Waals surface area contributed by atoms with Crippen LogP contribution in [-0.2, 0) is 9.59 Å². The second kappa shape index (κ2) is 31.3. The van der Waals surface area contributed by atoms with E-state index in [9.17, 15) is 14.4 Å². The number of aromatic nitrogens is 3. The van der Waals surface area contributed by atoms with Gasteiger partial charge in [0.05, 0.1) is 18.3 Å². The van der Waals surface area contributed by atoms with Gasteiger partial charge >= 0.3 is 51.4 Å². The Bertz CT molecular complexity index is 2210. The van der Waals surface area contributed by atoms with E-state index in [4.69, 9.17) is 0 Å². The minimum Gasteiger partial charge on any atom is -0.380 e. The molecule has 11 heteroatoms. The number of amides is 1. The first-order chi connectivity index (χ1) is 31.6. The number of Topliss-reactive ketones (excluding diaryl/α,β-unsaturated/α-hetero) is 2. The van der Waals surface area contributed by atoms with Crippen LogP contribution >= 0.6 is 0 Å². The van der Waals surface area contributed by atoms with E-state index in [1.807, 2.05) is 67.7 Å². The van der Waals surface area contributed by atoms with Gasteiger partial charge in [-0.2, -0.15) is 10.7 Å². The predicted molar refractivity (Wildman–Crippen MR) is 273 cm³/mol. The second-order valence-electron chi connectivity index (χ2n) is 17.7. The van der Waals surface area contributed by atoms with Crippen LogP contribution in [0.2, 0.25) is 0 Å². The van der Waals surface area contributed by atoms with Crippen LogP contribution in [0.25, 0.3) is 28.1 Å². The van der Waals surface area contributed by atoms with Crippen molar-refractivity contribution in [2.75, 3.05) is 51.1 Å². The number of pyridine rings is 1. The third kappa shape index (κ3) is 19.2. The summed E-state index contributed by atoms with van der Waals surface area (Å²) in [6.07, 6.45) is 23.6. The number of carbonyl (C=O) groups is 3. The fourth-order valence-electron chi connectivity index (χ4n) is 8.79. The van der Waals surface area contributed by atoms with Gasteiger partial charge in [0, 0.05) is 29.6 Å². The van der Waals surface area contributed by atoms with Crippen LogP contribution in [-0.4, -0.2) is 94.3 Å². The Morgan fingerprint density at radius 1 is 0.925 bits per heavy atom. The summed E-state index contributed by atoms with van der Waals surface area (Å²) < 4.78 is 0. The van der Waals surface area contributed by atoms with Crippen molar-refractivity contribution < 1.29 is 65.8 Å². The van der Waals surface area contributed by atoms with Gasteiger partial charge < -0.3 is 45.0 Å². The summed E-state index contributed by atoms with van der Waals surface area (Å²) in [7, 11) is 0. The molecular weight excluding hydrogens is 858 g/mol. The van der Waals surface area contributed by atoms with Crippen LogP contribution < -0.4 is 62.0 Å². The molecule has 1 unspecified atom stereocenters. The zero-order chi connectivity index (χ0) is 46.4. The number of ketones is 2. The number of rotatable bonds is 18. The number of benzene rings is 3. The number of fused-ring (bicyclic) bond motifs is 1. The molecule has 2 fully saturated rings. The Morgan fingerprint density at radius 3 is 2.25 bits per heavy atom. The average Bonchev–Trinajstić information content (AvgIpc) is 3.73. The van der Waals surface area contributed by atoms with E-state index >= 15 is 0 Å². The molecule has 5 aromatic rings. The molecule has 2 aromatic heterocycles. The molecular formula is C56H76KN7O3-2. The first-order valence-corrected chi connectivity index (χ1v) is 24.2. The van der Waals surface area contributed by atoms with Gasteiger partial charge in [0.25, 0.3) is 0 Å². The number of likely N-dealkylation sites (tertiary alicyclic amines) is 1. The van der Waals surface area contributed by atoms with Gasteiger partial charge in [0.15, 0.2) is 11.6 Å². The number of aromatic amines is 1. The number of nitrogens with one attached hydrogen (secondary N) is 3. The number of anilines is 1. The van der Waals surface area contributed by atoms with Crippen molar-refractivity contribution in [1.82, 2.24) is 30.3 Å². The van der Waals surface area contributed by atoms with Crippen molar-refractivity contribution in [3.8, 4) is 11.1 Å². The molecule has 3 aromatic carbocycles. The van der Waals surface area contributed by atoms with Crippen molar-refractivity contribution >= 4 is 40.1 Å². The molecule has 2 aliphatic heterocycles. The third-order valence-corrected chi connectivity index (χ3v) is 12.4. The van der Waals surface area contributed by atoms with E-state index in [-0.39, 0.29) is 88.9 Å². The third-order valence-electron chi connectivity index (χ3n) is 12.4. The number of piperidine rings is 1. The monoisotopic (exact) mass is 934 g/mol. The molecule has 356 valence electrons. The SMILES string of the molecule is CC(=O)c1ccc(C2CCN(C[C-]=Cc3[c-]nccc3-c3ccc4[nH]ncc4c3)CC2)cc1.CCCC(CCC)CN(CCC)CCC.Cc1ccc(NC2CCC(=O)CNC2=O)cc1.[CH3-].[K+]. The molecule has 0 radical (unpaired) electrons. The van der Waals surface area contributed by atoms with Gasteiger partial charge in [-0.15, -0.1) is 12.3 Å². The zero-order valence-corrected chi connectivity index (χ0v) is 45.0. The van der Waals surface area contributed by atoms with Gasteiger partial charge in [0.2, 0.25) is 5.91 Å². The van der Waals surface area contributed by atoms with E-state index in [1.54, 1.807) is 13.1 Å². The first-order valence-electron chi connectivity index (χ1n) is 24.2. The van der Waals surface area contributed by atoms with Crippen molar-refractivity contribution in [2.45, 2.75) is 118 Å². The molecule has 0 spiro atoms. The molecule has 0 aliphatic carbocycles.